The Labute approximate surface area is 161 Å². The van der Waals surface area contributed by atoms with Crippen molar-refractivity contribution in [3.05, 3.63) is 83.9 Å². The van der Waals surface area contributed by atoms with Crippen molar-refractivity contribution in [2.24, 2.45) is 0 Å². The first-order valence-corrected chi connectivity index (χ1v) is 8.95. The van der Waals surface area contributed by atoms with Gasteiger partial charge in [0.15, 0.2) is 6.30 Å². The van der Waals surface area contributed by atoms with Crippen molar-refractivity contribution >= 4 is 5.97 Å². The zero-order valence-electron chi connectivity index (χ0n) is 14.9. The molecule has 1 heterocycles. The van der Waals surface area contributed by atoms with Gasteiger partial charge in [0.25, 0.3) is 0 Å². The second-order valence-corrected chi connectivity index (χ2v) is 6.59. The SMILES string of the molecule is O=C(O)c1cc(C2CNNC2F)ccc1Oc1cccc(-c2ccccc2)c1. The van der Waals surface area contributed by atoms with E-state index in [0.717, 1.165) is 11.1 Å². The van der Waals surface area contributed by atoms with Crippen LogP contribution in [0.15, 0.2) is 72.8 Å². The minimum absolute atomic E-state index is 0.00159. The van der Waals surface area contributed by atoms with Gasteiger partial charge in [0.05, 0.1) is 0 Å². The summed E-state index contributed by atoms with van der Waals surface area (Å²) in [6.07, 6.45) is -1.27. The van der Waals surface area contributed by atoms with Crippen molar-refractivity contribution in [1.29, 1.82) is 0 Å². The van der Waals surface area contributed by atoms with Crippen molar-refractivity contribution in [2.45, 2.75) is 12.2 Å². The van der Waals surface area contributed by atoms with Crippen LogP contribution in [-0.2, 0) is 0 Å². The van der Waals surface area contributed by atoms with Crippen molar-refractivity contribution in [2.75, 3.05) is 6.54 Å². The second-order valence-electron chi connectivity index (χ2n) is 6.59. The van der Waals surface area contributed by atoms with Crippen molar-refractivity contribution in [1.82, 2.24) is 10.9 Å². The molecule has 1 aliphatic heterocycles. The average Bonchev–Trinajstić information content (AvgIpc) is 3.15. The molecule has 0 bridgehead atoms. The van der Waals surface area contributed by atoms with E-state index in [-0.39, 0.29) is 11.3 Å². The molecule has 2 atom stereocenters. The molecule has 2 unspecified atom stereocenters. The van der Waals surface area contributed by atoms with Crippen LogP contribution in [0, 0.1) is 0 Å². The Morgan fingerprint density at radius 2 is 1.79 bits per heavy atom. The standard InChI is InChI=1S/C22H19FN2O3/c23-21-19(13-24-25-21)16-9-10-20(18(12-16)22(26)27)28-17-8-4-7-15(11-17)14-5-2-1-3-6-14/h1-12,19,21,24-25H,13H2,(H,26,27). The highest BCUT2D eigenvalue weighted by Gasteiger charge is 2.29. The van der Waals surface area contributed by atoms with E-state index < -0.39 is 18.2 Å². The summed E-state index contributed by atoms with van der Waals surface area (Å²) in [4.78, 5) is 11.7. The maximum absolute atomic E-state index is 13.9. The highest BCUT2D eigenvalue weighted by molar-refractivity contribution is 5.91. The Morgan fingerprint density at radius 1 is 1.00 bits per heavy atom. The van der Waals surface area contributed by atoms with Gasteiger partial charge in [-0.05, 0) is 41.0 Å². The van der Waals surface area contributed by atoms with E-state index in [1.54, 1.807) is 18.2 Å². The van der Waals surface area contributed by atoms with Crippen LogP contribution < -0.4 is 15.6 Å². The molecule has 4 rings (SSSR count). The fourth-order valence-electron chi connectivity index (χ4n) is 3.29. The zero-order valence-corrected chi connectivity index (χ0v) is 14.9. The Kier molecular flexibility index (Phi) is 5.06. The summed E-state index contributed by atoms with van der Waals surface area (Å²) in [6, 6.07) is 22.1. The number of halogens is 1. The number of benzene rings is 3. The minimum atomic E-state index is -1.27. The highest BCUT2D eigenvalue weighted by atomic mass is 19.1. The number of rotatable bonds is 5. The third-order valence-corrected chi connectivity index (χ3v) is 4.75. The van der Waals surface area contributed by atoms with Gasteiger partial charge in [0.1, 0.15) is 17.1 Å². The number of hydrogen-bond acceptors (Lipinski definition) is 4. The van der Waals surface area contributed by atoms with Crippen LogP contribution in [0.4, 0.5) is 4.39 Å². The summed E-state index contributed by atoms with van der Waals surface area (Å²) in [5.41, 5.74) is 7.85. The van der Waals surface area contributed by atoms with Crippen LogP contribution in [0.5, 0.6) is 11.5 Å². The number of hydrogen-bond donors (Lipinski definition) is 3. The van der Waals surface area contributed by atoms with Gasteiger partial charge < -0.3 is 9.84 Å². The number of carboxylic acids is 1. The lowest BCUT2D eigenvalue weighted by molar-refractivity contribution is 0.0694. The maximum Gasteiger partial charge on any atom is 0.339 e. The number of hydrazine groups is 1. The van der Waals surface area contributed by atoms with Crippen LogP contribution >= 0.6 is 0 Å². The van der Waals surface area contributed by atoms with E-state index in [4.69, 9.17) is 4.74 Å². The summed E-state index contributed by atoms with van der Waals surface area (Å²) >= 11 is 0. The van der Waals surface area contributed by atoms with E-state index in [1.165, 1.54) is 6.07 Å². The summed E-state index contributed by atoms with van der Waals surface area (Å²) < 4.78 is 19.8. The first kappa shape index (κ1) is 18.2. The zero-order chi connectivity index (χ0) is 19.5. The molecule has 3 N–H and O–H groups in total. The third kappa shape index (κ3) is 3.74. The number of carbonyl (C=O) groups is 1. The molecule has 1 fully saturated rings. The molecule has 0 aromatic heterocycles. The number of ether oxygens (including phenoxy) is 1. The van der Waals surface area contributed by atoms with Gasteiger partial charge in [-0.25, -0.2) is 14.6 Å². The molecule has 5 nitrogen and oxygen atoms in total. The van der Waals surface area contributed by atoms with E-state index in [1.807, 2.05) is 48.5 Å². The van der Waals surface area contributed by atoms with Crippen LogP contribution in [0.25, 0.3) is 11.1 Å². The van der Waals surface area contributed by atoms with Crippen LogP contribution in [-0.4, -0.2) is 23.9 Å². The van der Waals surface area contributed by atoms with Crippen LogP contribution in [0.2, 0.25) is 0 Å². The van der Waals surface area contributed by atoms with Gasteiger partial charge in [0, 0.05) is 12.5 Å². The summed E-state index contributed by atoms with van der Waals surface area (Å²) in [5, 5.41) is 9.60. The lowest BCUT2D eigenvalue weighted by atomic mass is 9.97. The Hall–Kier alpha value is -3.22. The number of aromatic carboxylic acids is 1. The quantitative estimate of drug-likeness (QED) is 0.577. The molecule has 0 spiro atoms. The van der Waals surface area contributed by atoms with Gasteiger partial charge >= 0.3 is 5.97 Å². The first-order chi connectivity index (χ1) is 13.6. The number of alkyl halides is 1. The Morgan fingerprint density at radius 3 is 2.50 bits per heavy atom. The predicted octanol–water partition coefficient (Wildman–Crippen LogP) is 4.33. The predicted molar refractivity (Wildman–Crippen MR) is 104 cm³/mol. The van der Waals surface area contributed by atoms with Crippen molar-refractivity contribution in [3.8, 4) is 22.6 Å². The molecule has 3 aromatic rings. The number of carboxylic acid groups (broad SMARTS) is 1. The molecule has 142 valence electrons. The smallest absolute Gasteiger partial charge is 0.339 e. The highest BCUT2D eigenvalue weighted by Crippen LogP contribution is 2.32. The number of nitrogens with one attached hydrogen (secondary N) is 2. The fraction of sp³-hybridized carbons (Fsp3) is 0.136. The molecule has 28 heavy (non-hydrogen) atoms. The third-order valence-electron chi connectivity index (χ3n) is 4.75. The molecule has 1 saturated heterocycles. The summed E-state index contributed by atoms with van der Waals surface area (Å²) in [5.74, 6) is -0.820. The second kappa shape index (κ2) is 7.80. The lowest BCUT2D eigenvalue weighted by Crippen LogP contribution is -2.27. The minimum Gasteiger partial charge on any atom is -0.478 e. The van der Waals surface area contributed by atoms with E-state index in [0.29, 0.717) is 17.9 Å². The molecule has 6 heteroatoms. The van der Waals surface area contributed by atoms with Gasteiger partial charge in [-0.15, -0.1) is 0 Å². The van der Waals surface area contributed by atoms with Crippen molar-refractivity contribution < 1.29 is 19.0 Å². The van der Waals surface area contributed by atoms with Gasteiger partial charge in [-0.2, -0.15) is 0 Å². The maximum atomic E-state index is 13.9. The molecule has 3 aromatic carbocycles. The largest absolute Gasteiger partial charge is 0.478 e. The van der Waals surface area contributed by atoms with E-state index in [2.05, 4.69) is 10.9 Å². The Bertz CT molecular complexity index is 994. The molecule has 0 radical (unpaired) electrons. The topological polar surface area (TPSA) is 70.6 Å². The van der Waals surface area contributed by atoms with Gasteiger partial charge in [0.2, 0.25) is 0 Å². The van der Waals surface area contributed by atoms with Crippen LogP contribution in [0.3, 0.4) is 0 Å². The summed E-state index contributed by atoms with van der Waals surface area (Å²) in [6.45, 7) is 0.388. The molecular formula is C22H19FN2O3. The normalized spacial score (nSPS) is 18.8. The molecular weight excluding hydrogens is 359 g/mol. The summed E-state index contributed by atoms with van der Waals surface area (Å²) in [7, 11) is 0. The van der Waals surface area contributed by atoms with Crippen molar-refractivity contribution in [3.63, 3.8) is 0 Å². The van der Waals surface area contributed by atoms with Gasteiger partial charge in [-0.3, -0.25) is 5.43 Å². The lowest BCUT2D eigenvalue weighted by Gasteiger charge is -2.15. The molecule has 1 aliphatic rings. The van der Waals surface area contributed by atoms with Gasteiger partial charge in [-0.1, -0.05) is 48.5 Å². The first-order valence-electron chi connectivity index (χ1n) is 8.95. The average molecular weight is 378 g/mol. The fourth-order valence-corrected chi connectivity index (χ4v) is 3.29. The molecule has 0 saturated carbocycles. The monoisotopic (exact) mass is 378 g/mol. The molecule has 0 aliphatic carbocycles. The van der Waals surface area contributed by atoms with E-state index >= 15 is 0 Å². The van der Waals surface area contributed by atoms with E-state index in [9.17, 15) is 14.3 Å². The molecule has 0 amide bonds. The Balaban J connectivity index is 1.64. The van der Waals surface area contributed by atoms with Crippen LogP contribution in [0.1, 0.15) is 21.8 Å².